The van der Waals surface area contributed by atoms with Crippen LogP contribution in [0.5, 0.6) is 0 Å². The number of hydrogen-bond acceptors (Lipinski definition) is 4. The van der Waals surface area contributed by atoms with Gasteiger partial charge >= 0.3 is 0 Å². The standard InChI is InChI=1S/C14H20N4O2/c1-18-7-6-12(9-18)17-13(19)8-16-14(20)10-2-4-11(15)5-3-10/h2-5,12H,6-9,15H2,1H3,(H,16,20)(H,17,19). The van der Waals surface area contributed by atoms with Gasteiger partial charge in [-0.2, -0.15) is 0 Å². The minimum Gasteiger partial charge on any atom is -0.399 e. The quantitative estimate of drug-likeness (QED) is 0.666. The van der Waals surface area contributed by atoms with Crippen molar-refractivity contribution in [3.8, 4) is 0 Å². The summed E-state index contributed by atoms with van der Waals surface area (Å²) < 4.78 is 0. The minimum absolute atomic E-state index is 0.0105. The van der Waals surface area contributed by atoms with Crippen LogP contribution in [0.15, 0.2) is 24.3 Å². The Labute approximate surface area is 118 Å². The SMILES string of the molecule is CN1CCC(NC(=O)CNC(=O)c2ccc(N)cc2)C1. The van der Waals surface area contributed by atoms with Crippen molar-refractivity contribution in [2.24, 2.45) is 0 Å². The highest BCUT2D eigenvalue weighted by Gasteiger charge is 2.21. The summed E-state index contributed by atoms with van der Waals surface area (Å²) in [5.41, 5.74) is 6.65. The van der Waals surface area contributed by atoms with Crippen LogP contribution in [0.1, 0.15) is 16.8 Å². The molecule has 1 aromatic carbocycles. The van der Waals surface area contributed by atoms with Crippen molar-refractivity contribution >= 4 is 17.5 Å². The van der Waals surface area contributed by atoms with Crippen molar-refractivity contribution in [2.45, 2.75) is 12.5 Å². The Morgan fingerprint density at radius 3 is 2.65 bits per heavy atom. The molecule has 0 saturated carbocycles. The first-order valence-electron chi connectivity index (χ1n) is 6.66. The van der Waals surface area contributed by atoms with Crippen LogP contribution in [0, 0.1) is 0 Å². The monoisotopic (exact) mass is 276 g/mol. The molecule has 20 heavy (non-hydrogen) atoms. The third-order valence-electron chi connectivity index (χ3n) is 3.34. The lowest BCUT2D eigenvalue weighted by Crippen LogP contribution is -2.42. The van der Waals surface area contributed by atoms with Gasteiger partial charge in [0.05, 0.1) is 6.54 Å². The lowest BCUT2D eigenvalue weighted by Gasteiger charge is -2.13. The predicted molar refractivity (Wildman–Crippen MR) is 77.2 cm³/mol. The molecule has 0 spiro atoms. The summed E-state index contributed by atoms with van der Waals surface area (Å²) in [6.45, 7) is 1.84. The highest BCUT2D eigenvalue weighted by Crippen LogP contribution is 2.06. The second-order valence-electron chi connectivity index (χ2n) is 5.12. The maximum atomic E-state index is 11.8. The van der Waals surface area contributed by atoms with E-state index in [4.69, 9.17) is 5.73 Å². The molecule has 2 amide bonds. The Morgan fingerprint density at radius 1 is 1.35 bits per heavy atom. The number of likely N-dealkylation sites (tertiary alicyclic amines) is 1. The molecule has 0 aliphatic carbocycles. The number of nitrogens with one attached hydrogen (secondary N) is 2. The van der Waals surface area contributed by atoms with E-state index in [-0.39, 0.29) is 24.4 Å². The number of hydrogen-bond donors (Lipinski definition) is 3. The Kier molecular flexibility index (Phi) is 4.57. The number of carbonyl (C=O) groups excluding carboxylic acids is 2. The van der Waals surface area contributed by atoms with Crippen molar-refractivity contribution in [1.82, 2.24) is 15.5 Å². The van der Waals surface area contributed by atoms with Gasteiger partial charge in [-0.15, -0.1) is 0 Å². The molecule has 2 rings (SSSR count). The first-order chi connectivity index (χ1) is 9.54. The lowest BCUT2D eigenvalue weighted by molar-refractivity contribution is -0.120. The van der Waals surface area contributed by atoms with Crippen LogP contribution >= 0.6 is 0 Å². The molecule has 1 unspecified atom stereocenters. The smallest absolute Gasteiger partial charge is 0.251 e. The van der Waals surface area contributed by atoms with Crippen LogP contribution in [0.3, 0.4) is 0 Å². The van der Waals surface area contributed by atoms with E-state index in [9.17, 15) is 9.59 Å². The first-order valence-corrected chi connectivity index (χ1v) is 6.66. The summed E-state index contributed by atoms with van der Waals surface area (Å²) in [5.74, 6) is -0.433. The van der Waals surface area contributed by atoms with E-state index >= 15 is 0 Å². The molecular weight excluding hydrogens is 256 g/mol. The molecule has 0 aromatic heterocycles. The highest BCUT2D eigenvalue weighted by atomic mass is 16.2. The van der Waals surface area contributed by atoms with Gasteiger partial charge in [0.2, 0.25) is 5.91 Å². The Hall–Kier alpha value is -2.08. The molecule has 1 atom stereocenters. The Morgan fingerprint density at radius 2 is 2.05 bits per heavy atom. The summed E-state index contributed by atoms with van der Waals surface area (Å²) in [6, 6.07) is 6.76. The normalized spacial score (nSPS) is 18.8. The van der Waals surface area contributed by atoms with Crippen molar-refractivity contribution in [1.29, 1.82) is 0 Å². The van der Waals surface area contributed by atoms with Crippen LogP contribution in [0.2, 0.25) is 0 Å². The van der Waals surface area contributed by atoms with Gasteiger partial charge in [0.15, 0.2) is 0 Å². The lowest BCUT2D eigenvalue weighted by atomic mass is 10.2. The second-order valence-corrected chi connectivity index (χ2v) is 5.12. The average molecular weight is 276 g/mol. The van der Waals surface area contributed by atoms with Gasteiger partial charge in [0.1, 0.15) is 0 Å². The molecule has 6 nitrogen and oxygen atoms in total. The summed E-state index contributed by atoms with van der Waals surface area (Å²) in [4.78, 5) is 25.7. The Bertz CT molecular complexity index is 486. The van der Waals surface area contributed by atoms with E-state index in [1.807, 2.05) is 7.05 Å². The van der Waals surface area contributed by atoms with Gasteiger partial charge in [0, 0.05) is 23.8 Å². The zero-order valence-corrected chi connectivity index (χ0v) is 11.6. The third kappa shape index (κ3) is 3.96. The van der Waals surface area contributed by atoms with Crippen LogP contribution in [-0.4, -0.2) is 49.4 Å². The van der Waals surface area contributed by atoms with Gasteiger partial charge < -0.3 is 21.3 Å². The molecule has 4 N–H and O–H groups in total. The van der Waals surface area contributed by atoms with Crippen molar-refractivity contribution in [2.75, 3.05) is 32.4 Å². The van der Waals surface area contributed by atoms with Gasteiger partial charge in [-0.25, -0.2) is 0 Å². The fourth-order valence-corrected chi connectivity index (χ4v) is 2.23. The molecule has 1 aliphatic heterocycles. The summed E-state index contributed by atoms with van der Waals surface area (Å²) in [5, 5.41) is 5.51. The fourth-order valence-electron chi connectivity index (χ4n) is 2.23. The number of nitrogen functional groups attached to an aromatic ring is 1. The molecule has 1 aliphatic rings. The third-order valence-corrected chi connectivity index (χ3v) is 3.34. The van der Waals surface area contributed by atoms with Gasteiger partial charge in [-0.05, 0) is 44.3 Å². The van der Waals surface area contributed by atoms with E-state index in [0.717, 1.165) is 19.5 Å². The fraction of sp³-hybridized carbons (Fsp3) is 0.429. The molecule has 108 valence electrons. The molecule has 0 radical (unpaired) electrons. The minimum atomic E-state index is -0.274. The van der Waals surface area contributed by atoms with E-state index in [2.05, 4.69) is 15.5 Å². The maximum Gasteiger partial charge on any atom is 0.251 e. The van der Waals surface area contributed by atoms with Gasteiger partial charge in [0.25, 0.3) is 5.91 Å². The van der Waals surface area contributed by atoms with E-state index in [0.29, 0.717) is 11.3 Å². The maximum absolute atomic E-state index is 11.8. The number of anilines is 1. The zero-order valence-electron chi connectivity index (χ0n) is 11.6. The van der Waals surface area contributed by atoms with Crippen molar-refractivity contribution in [3.63, 3.8) is 0 Å². The number of likely N-dealkylation sites (N-methyl/N-ethyl adjacent to an activating group) is 1. The van der Waals surface area contributed by atoms with Crippen LogP contribution in [0.25, 0.3) is 0 Å². The van der Waals surface area contributed by atoms with Gasteiger partial charge in [-0.1, -0.05) is 0 Å². The molecule has 1 fully saturated rings. The predicted octanol–water partition coefficient (Wildman–Crippen LogP) is -0.181. The Balaban J connectivity index is 1.75. The van der Waals surface area contributed by atoms with E-state index < -0.39 is 0 Å². The molecule has 0 bridgehead atoms. The highest BCUT2D eigenvalue weighted by molar-refractivity contribution is 5.96. The summed E-state index contributed by atoms with van der Waals surface area (Å²) in [7, 11) is 2.02. The number of nitrogens with zero attached hydrogens (tertiary/aromatic N) is 1. The van der Waals surface area contributed by atoms with E-state index in [1.165, 1.54) is 0 Å². The van der Waals surface area contributed by atoms with Gasteiger partial charge in [-0.3, -0.25) is 9.59 Å². The number of benzene rings is 1. The van der Waals surface area contributed by atoms with Crippen molar-refractivity contribution < 1.29 is 9.59 Å². The van der Waals surface area contributed by atoms with E-state index in [1.54, 1.807) is 24.3 Å². The topological polar surface area (TPSA) is 87.5 Å². The molecule has 6 heteroatoms. The molecule has 1 heterocycles. The number of amides is 2. The molecular formula is C14H20N4O2. The van der Waals surface area contributed by atoms with Crippen LogP contribution < -0.4 is 16.4 Å². The number of nitrogens with two attached hydrogens (primary N) is 1. The number of carbonyl (C=O) groups is 2. The summed E-state index contributed by atoms with van der Waals surface area (Å²) >= 11 is 0. The summed E-state index contributed by atoms with van der Waals surface area (Å²) in [6.07, 6.45) is 0.953. The average Bonchev–Trinajstić information content (AvgIpc) is 2.82. The van der Waals surface area contributed by atoms with Crippen LogP contribution in [0.4, 0.5) is 5.69 Å². The largest absolute Gasteiger partial charge is 0.399 e. The van der Waals surface area contributed by atoms with Crippen molar-refractivity contribution in [3.05, 3.63) is 29.8 Å². The first kappa shape index (κ1) is 14.3. The number of rotatable bonds is 4. The van der Waals surface area contributed by atoms with Crippen LogP contribution in [-0.2, 0) is 4.79 Å². The second kappa shape index (κ2) is 6.38. The molecule has 1 aromatic rings. The zero-order chi connectivity index (χ0) is 14.5. The molecule has 1 saturated heterocycles.